The summed E-state index contributed by atoms with van der Waals surface area (Å²) in [5.74, 6) is 0.804. The Balaban J connectivity index is 2.01. The first-order chi connectivity index (χ1) is 8.69. The van der Waals surface area contributed by atoms with Crippen molar-refractivity contribution in [3.8, 4) is 0 Å². The molecule has 1 unspecified atom stereocenters. The maximum Gasteiger partial charge on any atom is 0.164 e. The maximum atomic E-state index is 6.01. The van der Waals surface area contributed by atoms with E-state index in [4.69, 9.17) is 11.6 Å². The predicted octanol–water partition coefficient (Wildman–Crippen LogP) is 2.71. The minimum absolute atomic E-state index is 0.271. The standard InChI is InChI=1S/C13H17ClN4/c1-3-12(10-5-4-6-11(14)7-10)15-8-13-16-9-18(2)17-13/h4-7,9,12,15H,3,8H2,1-2H3. The van der Waals surface area contributed by atoms with Gasteiger partial charge in [-0.2, -0.15) is 5.10 Å². The number of aromatic nitrogens is 3. The summed E-state index contributed by atoms with van der Waals surface area (Å²) < 4.78 is 1.71. The summed E-state index contributed by atoms with van der Waals surface area (Å²) >= 11 is 6.01. The normalized spacial score (nSPS) is 12.6. The van der Waals surface area contributed by atoms with E-state index in [-0.39, 0.29) is 6.04 Å². The molecule has 0 amide bonds. The van der Waals surface area contributed by atoms with Gasteiger partial charge in [0, 0.05) is 18.1 Å². The van der Waals surface area contributed by atoms with Crippen LogP contribution in [0.25, 0.3) is 0 Å². The summed E-state index contributed by atoms with van der Waals surface area (Å²) in [6.45, 7) is 2.80. The van der Waals surface area contributed by atoms with E-state index in [9.17, 15) is 0 Å². The maximum absolute atomic E-state index is 6.01. The molecule has 1 aromatic carbocycles. The summed E-state index contributed by atoms with van der Waals surface area (Å²) in [5.41, 5.74) is 1.20. The molecule has 0 aliphatic carbocycles. The molecule has 1 aromatic heterocycles. The number of halogens is 1. The van der Waals surface area contributed by atoms with Gasteiger partial charge >= 0.3 is 0 Å². The molecule has 2 aromatic rings. The third-order valence-corrected chi connectivity index (χ3v) is 3.05. The Morgan fingerprint density at radius 1 is 1.44 bits per heavy atom. The van der Waals surface area contributed by atoms with Gasteiger partial charge in [-0.1, -0.05) is 30.7 Å². The molecule has 96 valence electrons. The van der Waals surface area contributed by atoms with Crippen molar-refractivity contribution in [1.29, 1.82) is 0 Å². The van der Waals surface area contributed by atoms with Crippen LogP contribution in [-0.4, -0.2) is 14.8 Å². The van der Waals surface area contributed by atoms with Crippen LogP contribution < -0.4 is 5.32 Å². The zero-order valence-corrected chi connectivity index (χ0v) is 11.4. The van der Waals surface area contributed by atoms with Gasteiger partial charge in [0.25, 0.3) is 0 Å². The lowest BCUT2D eigenvalue weighted by Crippen LogP contribution is -2.21. The lowest BCUT2D eigenvalue weighted by Gasteiger charge is -2.16. The predicted molar refractivity (Wildman–Crippen MR) is 72.3 cm³/mol. The summed E-state index contributed by atoms with van der Waals surface area (Å²) in [4.78, 5) is 4.20. The average Bonchev–Trinajstić information content (AvgIpc) is 2.76. The fourth-order valence-electron chi connectivity index (χ4n) is 1.90. The molecule has 4 nitrogen and oxygen atoms in total. The molecule has 0 bridgehead atoms. The van der Waals surface area contributed by atoms with Gasteiger partial charge in [0.1, 0.15) is 6.33 Å². The van der Waals surface area contributed by atoms with Gasteiger partial charge in [0.05, 0.1) is 6.54 Å². The highest BCUT2D eigenvalue weighted by Gasteiger charge is 2.10. The molecular formula is C13H17ClN4. The highest BCUT2D eigenvalue weighted by atomic mass is 35.5. The Hall–Kier alpha value is -1.39. The SMILES string of the molecule is CCC(NCc1ncn(C)n1)c1cccc(Cl)c1. The zero-order chi connectivity index (χ0) is 13.0. The minimum atomic E-state index is 0.271. The molecule has 18 heavy (non-hydrogen) atoms. The number of rotatable bonds is 5. The first-order valence-electron chi connectivity index (χ1n) is 6.02. The average molecular weight is 265 g/mol. The fraction of sp³-hybridized carbons (Fsp3) is 0.385. The molecule has 0 aliphatic heterocycles. The molecule has 0 saturated carbocycles. The van der Waals surface area contributed by atoms with Crippen LogP contribution in [0.1, 0.15) is 30.8 Å². The van der Waals surface area contributed by atoms with E-state index < -0.39 is 0 Å². The van der Waals surface area contributed by atoms with Crippen molar-refractivity contribution in [2.75, 3.05) is 0 Å². The van der Waals surface area contributed by atoms with Gasteiger partial charge in [-0.15, -0.1) is 0 Å². The molecule has 0 fully saturated rings. The van der Waals surface area contributed by atoms with Crippen LogP contribution in [0.2, 0.25) is 5.02 Å². The molecule has 0 radical (unpaired) electrons. The van der Waals surface area contributed by atoms with E-state index >= 15 is 0 Å². The van der Waals surface area contributed by atoms with Crippen LogP contribution in [0.5, 0.6) is 0 Å². The van der Waals surface area contributed by atoms with Gasteiger partial charge in [0.2, 0.25) is 0 Å². The summed E-state index contributed by atoms with van der Waals surface area (Å²) in [7, 11) is 1.87. The van der Waals surface area contributed by atoms with Crippen molar-refractivity contribution in [1.82, 2.24) is 20.1 Å². The lowest BCUT2D eigenvalue weighted by molar-refractivity contribution is 0.507. The van der Waals surface area contributed by atoms with Crippen LogP contribution in [-0.2, 0) is 13.6 Å². The molecule has 1 heterocycles. The van der Waals surface area contributed by atoms with Gasteiger partial charge < -0.3 is 5.32 Å². The van der Waals surface area contributed by atoms with Crippen LogP contribution in [0.3, 0.4) is 0 Å². The highest BCUT2D eigenvalue weighted by Crippen LogP contribution is 2.20. The van der Waals surface area contributed by atoms with Crippen molar-refractivity contribution >= 4 is 11.6 Å². The number of aryl methyl sites for hydroxylation is 1. The van der Waals surface area contributed by atoms with Gasteiger partial charge in [0.15, 0.2) is 5.82 Å². The molecular weight excluding hydrogens is 248 g/mol. The highest BCUT2D eigenvalue weighted by molar-refractivity contribution is 6.30. The smallest absolute Gasteiger partial charge is 0.164 e. The van der Waals surface area contributed by atoms with Crippen molar-refractivity contribution in [3.63, 3.8) is 0 Å². The first kappa shape index (κ1) is 13.1. The van der Waals surface area contributed by atoms with E-state index in [1.165, 1.54) is 5.56 Å². The largest absolute Gasteiger partial charge is 0.303 e. The first-order valence-corrected chi connectivity index (χ1v) is 6.40. The Labute approximate surface area is 112 Å². The van der Waals surface area contributed by atoms with Gasteiger partial charge in [-0.05, 0) is 24.1 Å². The number of nitrogens with one attached hydrogen (secondary N) is 1. The number of hydrogen-bond acceptors (Lipinski definition) is 3. The Morgan fingerprint density at radius 3 is 2.89 bits per heavy atom. The van der Waals surface area contributed by atoms with Crippen LogP contribution in [0, 0.1) is 0 Å². The summed E-state index contributed by atoms with van der Waals surface area (Å²) in [6.07, 6.45) is 2.70. The van der Waals surface area contributed by atoms with Gasteiger partial charge in [-0.25, -0.2) is 4.98 Å². The third-order valence-electron chi connectivity index (χ3n) is 2.81. The van der Waals surface area contributed by atoms with E-state index in [0.717, 1.165) is 17.3 Å². The third kappa shape index (κ3) is 3.31. The molecule has 2 rings (SSSR count). The van der Waals surface area contributed by atoms with Crippen LogP contribution >= 0.6 is 11.6 Å². The molecule has 1 atom stereocenters. The molecule has 0 aliphatic rings. The number of hydrogen-bond donors (Lipinski definition) is 1. The second kappa shape index (κ2) is 5.98. The van der Waals surface area contributed by atoms with Crippen molar-refractivity contribution in [3.05, 3.63) is 47.0 Å². The second-order valence-electron chi connectivity index (χ2n) is 4.23. The molecule has 1 N–H and O–H groups in total. The van der Waals surface area contributed by atoms with Crippen LogP contribution in [0.4, 0.5) is 0 Å². The zero-order valence-electron chi connectivity index (χ0n) is 10.6. The van der Waals surface area contributed by atoms with Crippen molar-refractivity contribution in [2.45, 2.75) is 25.9 Å². The summed E-state index contributed by atoms with van der Waals surface area (Å²) in [5, 5.41) is 8.46. The molecule has 0 saturated heterocycles. The minimum Gasteiger partial charge on any atom is -0.303 e. The fourth-order valence-corrected chi connectivity index (χ4v) is 2.10. The Kier molecular flexibility index (Phi) is 4.33. The quantitative estimate of drug-likeness (QED) is 0.903. The van der Waals surface area contributed by atoms with Crippen molar-refractivity contribution < 1.29 is 0 Å². The van der Waals surface area contributed by atoms with E-state index in [0.29, 0.717) is 6.54 Å². The van der Waals surface area contributed by atoms with Crippen molar-refractivity contribution in [2.24, 2.45) is 7.05 Å². The molecule has 0 spiro atoms. The topological polar surface area (TPSA) is 42.7 Å². The number of nitrogens with zero attached hydrogens (tertiary/aromatic N) is 3. The Bertz CT molecular complexity index is 509. The van der Waals surface area contributed by atoms with E-state index in [1.807, 2.05) is 25.2 Å². The lowest BCUT2D eigenvalue weighted by atomic mass is 10.0. The molecule has 5 heteroatoms. The van der Waals surface area contributed by atoms with Gasteiger partial charge in [-0.3, -0.25) is 4.68 Å². The monoisotopic (exact) mass is 264 g/mol. The van der Waals surface area contributed by atoms with E-state index in [2.05, 4.69) is 28.4 Å². The van der Waals surface area contributed by atoms with E-state index in [1.54, 1.807) is 11.0 Å². The second-order valence-corrected chi connectivity index (χ2v) is 4.67. The number of benzene rings is 1. The summed E-state index contributed by atoms with van der Waals surface area (Å²) in [6, 6.07) is 8.21. The Morgan fingerprint density at radius 2 is 2.28 bits per heavy atom. The van der Waals surface area contributed by atoms with Crippen LogP contribution in [0.15, 0.2) is 30.6 Å².